The maximum Gasteiger partial charge on any atom is 0.237 e. The van der Waals surface area contributed by atoms with E-state index in [1.165, 1.54) is 32.1 Å². The predicted octanol–water partition coefficient (Wildman–Crippen LogP) is 1.59. The van der Waals surface area contributed by atoms with E-state index in [2.05, 4.69) is 10.6 Å². The van der Waals surface area contributed by atoms with Crippen LogP contribution in [0.3, 0.4) is 0 Å². The van der Waals surface area contributed by atoms with Crippen LogP contribution in [0.1, 0.15) is 51.4 Å². The maximum absolute atomic E-state index is 11.7. The molecule has 18 heavy (non-hydrogen) atoms. The van der Waals surface area contributed by atoms with Gasteiger partial charge in [-0.3, -0.25) is 4.79 Å². The van der Waals surface area contributed by atoms with Crippen LogP contribution in [0.2, 0.25) is 0 Å². The molecule has 0 bridgehead atoms. The molecule has 1 amide bonds. The summed E-state index contributed by atoms with van der Waals surface area (Å²) in [5.74, 6) is 0.158. The van der Waals surface area contributed by atoms with Crippen LogP contribution in [0, 0.1) is 0 Å². The monoisotopic (exact) mass is 254 g/mol. The van der Waals surface area contributed by atoms with Crippen LogP contribution in [0.25, 0.3) is 0 Å². The van der Waals surface area contributed by atoms with Crippen LogP contribution < -0.4 is 10.6 Å². The van der Waals surface area contributed by atoms with Crippen molar-refractivity contribution < 1.29 is 9.53 Å². The lowest BCUT2D eigenvalue weighted by atomic mass is 9.98. The lowest BCUT2D eigenvalue weighted by Crippen LogP contribution is -2.44. The molecule has 4 nitrogen and oxygen atoms in total. The lowest BCUT2D eigenvalue weighted by Gasteiger charge is -2.22. The number of amides is 1. The van der Waals surface area contributed by atoms with Crippen molar-refractivity contribution in [2.45, 2.75) is 63.5 Å². The summed E-state index contributed by atoms with van der Waals surface area (Å²) in [6, 6.07) is -0.0116. The summed E-state index contributed by atoms with van der Waals surface area (Å²) in [7, 11) is 0. The average molecular weight is 254 g/mol. The van der Waals surface area contributed by atoms with Gasteiger partial charge in [0, 0.05) is 13.1 Å². The molecule has 2 rings (SSSR count). The van der Waals surface area contributed by atoms with Gasteiger partial charge in [0.15, 0.2) is 0 Å². The van der Waals surface area contributed by atoms with Crippen molar-refractivity contribution in [3.63, 3.8) is 0 Å². The number of rotatable bonds is 5. The molecule has 1 unspecified atom stereocenters. The Labute approximate surface area is 110 Å². The summed E-state index contributed by atoms with van der Waals surface area (Å²) >= 11 is 0. The summed E-state index contributed by atoms with van der Waals surface area (Å²) in [5.41, 5.74) is 0. The van der Waals surface area contributed by atoms with Crippen LogP contribution in [0.5, 0.6) is 0 Å². The molecule has 0 aromatic heterocycles. The number of carbonyl (C=O) groups excluding carboxylic acids is 1. The first-order valence-electron chi connectivity index (χ1n) is 7.49. The molecular formula is C14H26N2O2. The second kappa shape index (κ2) is 7.74. The number of ether oxygens (including phenoxy) is 1. The van der Waals surface area contributed by atoms with E-state index in [-0.39, 0.29) is 11.9 Å². The fourth-order valence-corrected chi connectivity index (χ4v) is 2.82. The van der Waals surface area contributed by atoms with Gasteiger partial charge in [0.1, 0.15) is 0 Å². The van der Waals surface area contributed by atoms with E-state index >= 15 is 0 Å². The number of hydrogen-bond acceptors (Lipinski definition) is 3. The molecule has 0 spiro atoms. The minimum Gasteiger partial charge on any atom is -0.377 e. The van der Waals surface area contributed by atoms with Crippen LogP contribution >= 0.6 is 0 Å². The zero-order valence-corrected chi connectivity index (χ0v) is 11.2. The third-order valence-corrected chi connectivity index (χ3v) is 3.93. The molecule has 104 valence electrons. The molecule has 2 fully saturated rings. The van der Waals surface area contributed by atoms with Crippen molar-refractivity contribution in [3.05, 3.63) is 0 Å². The summed E-state index contributed by atoms with van der Waals surface area (Å²) in [6.07, 6.45) is 10.0. The average Bonchev–Trinajstić information content (AvgIpc) is 2.61. The van der Waals surface area contributed by atoms with Gasteiger partial charge in [0.2, 0.25) is 5.91 Å². The quantitative estimate of drug-likeness (QED) is 0.733. The second-order valence-corrected chi connectivity index (χ2v) is 5.42. The van der Waals surface area contributed by atoms with Gasteiger partial charge in [0.25, 0.3) is 0 Å². The Morgan fingerprint density at radius 3 is 2.72 bits per heavy atom. The van der Waals surface area contributed by atoms with Crippen LogP contribution in [0.4, 0.5) is 0 Å². The van der Waals surface area contributed by atoms with E-state index in [0.29, 0.717) is 6.10 Å². The summed E-state index contributed by atoms with van der Waals surface area (Å²) in [5, 5.41) is 6.26. The van der Waals surface area contributed by atoms with E-state index < -0.39 is 0 Å². The van der Waals surface area contributed by atoms with Crippen molar-refractivity contribution in [1.82, 2.24) is 10.6 Å². The van der Waals surface area contributed by atoms with E-state index in [1.807, 2.05) is 0 Å². The SMILES string of the molecule is O=C1NCCCCC1NCCOC1CCCCC1. The van der Waals surface area contributed by atoms with Crippen LogP contribution in [-0.2, 0) is 9.53 Å². The number of hydrogen-bond donors (Lipinski definition) is 2. The third-order valence-electron chi connectivity index (χ3n) is 3.93. The number of nitrogens with one attached hydrogen (secondary N) is 2. The fraction of sp³-hybridized carbons (Fsp3) is 0.929. The molecule has 1 heterocycles. The van der Waals surface area contributed by atoms with Gasteiger partial charge in [-0.15, -0.1) is 0 Å². The molecule has 0 aromatic rings. The van der Waals surface area contributed by atoms with Gasteiger partial charge in [-0.2, -0.15) is 0 Å². The summed E-state index contributed by atoms with van der Waals surface area (Å²) in [4.78, 5) is 11.7. The predicted molar refractivity (Wildman–Crippen MR) is 71.5 cm³/mol. The van der Waals surface area contributed by atoms with Crippen molar-refractivity contribution in [1.29, 1.82) is 0 Å². The highest BCUT2D eigenvalue weighted by molar-refractivity contribution is 5.81. The van der Waals surface area contributed by atoms with Gasteiger partial charge >= 0.3 is 0 Å². The Balaban J connectivity index is 1.57. The van der Waals surface area contributed by atoms with Gasteiger partial charge in [-0.05, 0) is 32.1 Å². The molecule has 1 aliphatic heterocycles. The summed E-state index contributed by atoms with van der Waals surface area (Å²) < 4.78 is 5.85. The standard InChI is InChI=1S/C14H26N2O2/c17-14-13(8-4-5-9-16-14)15-10-11-18-12-6-2-1-3-7-12/h12-13,15H,1-11H2,(H,16,17). The Bertz CT molecular complexity index is 252. The van der Waals surface area contributed by atoms with Gasteiger partial charge in [0.05, 0.1) is 18.8 Å². The first kappa shape index (κ1) is 13.8. The van der Waals surface area contributed by atoms with Gasteiger partial charge in [-0.1, -0.05) is 19.3 Å². The third kappa shape index (κ3) is 4.58. The van der Waals surface area contributed by atoms with Gasteiger partial charge in [-0.25, -0.2) is 0 Å². The van der Waals surface area contributed by atoms with Crippen molar-refractivity contribution in [3.8, 4) is 0 Å². The zero-order chi connectivity index (χ0) is 12.6. The topological polar surface area (TPSA) is 50.4 Å². The highest BCUT2D eigenvalue weighted by Gasteiger charge is 2.19. The van der Waals surface area contributed by atoms with Crippen molar-refractivity contribution in [2.75, 3.05) is 19.7 Å². The Hall–Kier alpha value is -0.610. The fourth-order valence-electron chi connectivity index (χ4n) is 2.82. The maximum atomic E-state index is 11.7. The van der Waals surface area contributed by atoms with Crippen LogP contribution in [-0.4, -0.2) is 37.7 Å². The largest absolute Gasteiger partial charge is 0.377 e. The molecule has 1 atom stereocenters. The molecule has 2 aliphatic rings. The molecular weight excluding hydrogens is 228 g/mol. The highest BCUT2D eigenvalue weighted by atomic mass is 16.5. The molecule has 1 saturated heterocycles. The molecule has 2 N–H and O–H groups in total. The van der Waals surface area contributed by atoms with E-state index in [0.717, 1.165) is 39.0 Å². The second-order valence-electron chi connectivity index (χ2n) is 5.42. The smallest absolute Gasteiger partial charge is 0.237 e. The number of carbonyl (C=O) groups is 1. The Morgan fingerprint density at radius 1 is 1.11 bits per heavy atom. The minimum absolute atomic E-state index is 0.0116. The van der Waals surface area contributed by atoms with Gasteiger partial charge < -0.3 is 15.4 Å². The van der Waals surface area contributed by atoms with E-state index in [1.54, 1.807) is 0 Å². The molecule has 0 radical (unpaired) electrons. The Morgan fingerprint density at radius 2 is 1.89 bits per heavy atom. The zero-order valence-electron chi connectivity index (χ0n) is 11.2. The Kier molecular flexibility index (Phi) is 5.94. The molecule has 1 saturated carbocycles. The summed E-state index contributed by atoms with van der Waals surface area (Å²) in [6.45, 7) is 2.35. The first-order valence-corrected chi connectivity index (χ1v) is 7.49. The van der Waals surface area contributed by atoms with E-state index in [4.69, 9.17) is 4.74 Å². The van der Waals surface area contributed by atoms with E-state index in [9.17, 15) is 4.79 Å². The molecule has 0 aromatic carbocycles. The minimum atomic E-state index is -0.0116. The molecule has 1 aliphatic carbocycles. The lowest BCUT2D eigenvalue weighted by molar-refractivity contribution is -0.122. The highest BCUT2D eigenvalue weighted by Crippen LogP contribution is 2.19. The first-order chi connectivity index (χ1) is 8.86. The molecule has 4 heteroatoms. The normalized spacial score (nSPS) is 26.7. The van der Waals surface area contributed by atoms with Crippen molar-refractivity contribution >= 4 is 5.91 Å². The van der Waals surface area contributed by atoms with Crippen LogP contribution in [0.15, 0.2) is 0 Å². The van der Waals surface area contributed by atoms with Crippen molar-refractivity contribution in [2.24, 2.45) is 0 Å².